The summed E-state index contributed by atoms with van der Waals surface area (Å²) in [6, 6.07) is 1.05. The number of hydrogen-bond donors (Lipinski definition) is 2. The number of halogens is 2. The molecule has 0 saturated carbocycles. The lowest BCUT2D eigenvalue weighted by Crippen LogP contribution is -2.47. The molecule has 7 heteroatoms. The molecule has 2 aliphatic heterocycles. The van der Waals surface area contributed by atoms with Gasteiger partial charge in [-0.1, -0.05) is 37.0 Å². The molecule has 0 radical (unpaired) electrons. The highest BCUT2D eigenvalue weighted by atomic mass is 35.5. The summed E-state index contributed by atoms with van der Waals surface area (Å²) in [4.78, 5) is 26.1. The number of rotatable bonds is 8. The van der Waals surface area contributed by atoms with Gasteiger partial charge in [0, 0.05) is 41.7 Å². The fourth-order valence-corrected chi connectivity index (χ4v) is 4.08. The first-order chi connectivity index (χ1) is 11.9. The Labute approximate surface area is 160 Å². The molecular weight excluding hydrogens is 361 g/mol. The zero-order valence-electron chi connectivity index (χ0n) is 15.1. The molecule has 2 aliphatic rings. The maximum absolute atomic E-state index is 12.0. The predicted molar refractivity (Wildman–Crippen MR) is 102 cm³/mol. The van der Waals surface area contributed by atoms with Crippen LogP contribution in [0.3, 0.4) is 0 Å². The van der Waals surface area contributed by atoms with E-state index in [1.807, 2.05) is 13.8 Å². The van der Waals surface area contributed by atoms with Gasteiger partial charge < -0.3 is 10.6 Å². The second-order valence-corrected chi connectivity index (χ2v) is 7.99. The molecule has 0 aromatic rings. The van der Waals surface area contributed by atoms with Crippen molar-refractivity contribution in [3.05, 3.63) is 10.6 Å². The highest BCUT2D eigenvalue weighted by Gasteiger charge is 2.40. The molecule has 2 bridgehead atoms. The van der Waals surface area contributed by atoms with E-state index in [-0.39, 0.29) is 24.3 Å². The summed E-state index contributed by atoms with van der Waals surface area (Å²) in [5.41, 5.74) is 1.45. The normalized spacial score (nSPS) is 27.8. The molecule has 0 spiro atoms. The standard InChI is InChI=1S/C18H29Cl2N3O2/c1-3-12(2)18(25)22-10-17(24)21-9-13-6-15-4-5-16(7-13)23(15)11-14(20)8-19/h8,12-13,15-16H,3-7,9-11H2,1-2H3,(H,21,24)(H,22,25)/t12?,13?,15-,16+. The van der Waals surface area contributed by atoms with Crippen LogP contribution >= 0.6 is 23.2 Å². The van der Waals surface area contributed by atoms with E-state index in [9.17, 15) is 9.59 Å². The van der Waals surface area contributed by atoms with Gasteiger partial charge in [0.15, 0.2) is 0 Å². The van der Waals surface area contributed by atoms with E-state index in [0.717, 1.165) is 25.8 Å². The second-order valence-electron chi connectivity index (χ2n) is 7.28. The molecule has 2 N–H and O–H groups in total. The summed E-state index contributed by atoms with van der Waals surface area (Å²) in [6.45, 7) is 5.29. The third-order valence-corrected chi connectivity index (χ3v) is 6.11. The third kappa shape index (κ3) is 5.87. The van der Waals surface area contributed by atoms with Gasteiger partial charge in [-0.3, -0.25) is 14.5 Å². The minimum absolute atomic E-state index is 0.0541. The van der Waals surface area contributed by atoms with Crippen LogP contribution in [0.5, 0.6) is 0 Å². The zero-order valence-corrected chi connectivity index (χ0v) is 16.6. The van der Waals surface area contributed by atoms with Gasteiger partial charge in [0.2, 0.25) is 11.8 Å². The number of nitrogens with zero attached hydrogens (tertiary/aromatic N) is 1. The fraction of sp³-hybridized carbons (Fsp3) is 0.778. The van der Waals surface area contributed by atoms with Gasteiger partial charge >= 0.3 is 0 Å². The molecule has 4 atom stereocenters. The quantitative estimate of drug-likeness (QED) is 0.670. The van der Waals surface area contributed by atoms with Crippen molar-refractivity contribution in [2.24, 2.45) is 11.8 Å². The number of carbonyl (C=O) groups excluding carboxylic acids is 2. The fourth-order valence-electron chi connectivity index (χ4n) is 3.87. The molecule has 0 aliphatic carbocycles. The Balaban J connectivity index is 1.71. The Kier molecular flexibility index (Phi) is 8.04. The second kappa shape index (κ2) is 9.79. The SMILES string of the molecule is CCC(C)C(=O)NCC(=O)NCC1C[C@H]2CC[C@@H](C1)N2CC(Cl)=CCl. The molecule has 2 rings (SSSR count). The van der Waals surface area contributed by atoms with Crippen LogP contribution in [-0.4, -0.2) is 48.4 Å². The number of hydrogen-bond acceptors (Lipinski definition) is 3. The molecule has 2 heterocycles. The van der Waals surface area contributed by atoms with Crippen molar-refractivity contribution < 1.29 is 9.59 Å². The largest absolute Gasteiger partial charge is 0.354 e. The van der Waals surface area contributed by atoms with Gasteiger partial charge in [0.25, 0.3) is 0 Å². The van der Waals surface area contributed by atoms with Crippen molar-refractivity contribution in [1.29, 1.82) is 0 Å². The van der Waals surface area contributed by atoms with Gasteiger partial charge in [-0.05, 0) is 38.0 Å². The van der Waals surface area contributed by atoms with E-state index in [4.69, 9.17) is 23.2 Å². The average Bonchev–Trinajstić information content (AvgIpc) is 2.84. The van der Waals surface area contributed by atoms with Crippen LogP contribution < -0.4 is 10.6 Å². The zero-order chi connectivity index (χ0) is 18.4. The lowest BCUT2D eigenvalue weighted by atomic mass is 9.90. The predicted octanol–water partition coefficient (Wildman–Crippen LogP) is 2.83. The number of carbonyl (C=O) groups is 2. The van der Waals surface area contributed by atoms with Crippen molar-refractivity contribution >= 4 is 35.0 Å². The highest BCUT2D eigenvalue weighted by Crippen LogP contribution is 2.39. The van der Waals surface area contributed by atoms with Gasteiger partial charge in [-0.25, -0.2) is 0 Å². The van der Waals surface area contributed by atoms with Crippen LogP contribution in [0.15, 0.2) is 10.6 Å². The van der Waals surface area contributed by atoms with Gasteiger partial charge in [0.05, 0.1) is 6.54 Å². The topological polar surface area (TPSA) is 61.4 Å². The van der Waals surface area contributed by atoms with E-state index in [0.29, 0.717) is 29.6 Å². The first kappa shape index (κ1) is 20.5. The average molecular weight is 390 g/mol. The molecule has 25 heavy (non-hydrogen) atoms. The summed E-state index contributed by atoms with van der Waals surface area (Å²) in [7, 11) is 0. The maximum Gasteiger partial charge on any atom is 0.239 e. The minimum Gasteiger partial charge on any atom is -0.354 e. The first-order valence-electron chi connectivity index (χ1n) is 9.19. The van der Waals surface area contributed by atoms with Crippen LogP contribution in [0.2, 0.25) is 0 Å². The molecule has 2 fully saturated rings. The monoisotopic (exact) mass is 389 g/mol. The molecule has 2 amide bonds. The van der Waals surface area contributed by atoms with Gasteiger partial charge in [-0.2, -0.15) is 0 Å². The summed E-state index contributed by atoms with van der Waals surface area (Å²) < 4.78 is 0. The van der Waals surface area contributed by atoms with Crippen molar-refractivity contribution in [3.63, 3.8) is 0 Å². The van der Waals surface area contributed by atoms with Crippen LogP contribution in [-0.2, 0) is 9.59 Å². The van der Waals surface area contributed by atoms with Crippen molar-refractivity contribution in [1.82, 2.24) is 15.5 Å². The first-order valence-corrected chi connectivity index (χ1v) is 10.0. The molecule has 0 aromatic heterocycles. The lowest BCUT2D eigenvalue weighted by molar-refractivity contribution is -0.128. The van der Waals surface area contributed by atoms with Gasteiger partial charge in [-0.15, -0.1) is 0 Å². The third-order valence-electron chi connectivity index (χ3n) is 5.51. The number of amides is 2. The molecule has 0 aromatic carbocycles. The number of piperidine rings is 1. The van der Waals surface area contributed by atoms with E-state index >= 15 is 0 Å². The van der Waals surface area contributed by atoms with E-state index in [1.165, 1.54) is 18.4 Å². The van der Waals surface area contributed by atoms with Crippen LogP contribution in [0, 0.1) is 11.8 Å². The summed E-state index contributed by atoms with van der Waals surface area (Å²) >= 11 is 11.8. The minimum atomic E-state index is -0.112. The van der Waals surface area contributed by atoms with E-state index < -0.39 is 0 Å². The van der Waals surface area contributed by atoms with Crippen LogP contribution in [0.4, 0.5) is 0 Å². The lowest BCUT2D eigenvalue weighted by Gasteiger charge is -2.38. The van der Waals surface area contributed by atoms with Crippen molar-refractivity contribution in [3.8, 4) is 0 Å². The molecule has 142 valence electrons. The Morgan fingerprint density at radius 2 is 1.88 bits per heavy atom. The maximum atomic E-state index is 12.0. The molecule has 5 nitrogen and oxygen atoms in total. The smallest absolute Gasteiger partial charge is 0.239 e. The summed E-state index contributed by atoms with van der Waals surface area (Å²) in [6.07, 6.45) is 5.29. The molecular formula is C18H29Cl2N3O2. The summed E-state index contributed by atoms with van der Waals surface area (Å²) in [5, 5.41) is 6.35. The Hall–Kier alpha value is -0.780. The Bertz CT molecular complexity index is 499. The number of fused-ring (bicyclic) bond motifs is 2. The van der Waals surface area contributed by atoms with E-state index in [1.54, 1.807) is 0 Å². The van der Waals surface area contributed by atoms with Crippen LogP contribution in [0.25, 0.3) is 0 Å². The number of nitrogens with one attached hydrogen (secondary N) is 2. The Morgan fingerprint density at radius 1 is 1.24 bits per heavy atom. The van der Waals surface area contributed by atoms with Crippen molar-refractivity contribution in [2.75, 3.05) is 19.6 Å². The van der Waals surface area contributed by atoms with E-state index in [2.05, 4.69) is 15.5 Å². The van der Waals surface area contributed by atoms with Gasteiger partial charge in [0.1, 0.15) is 0 Å². The van der Waals surface area contributed by atoms with Crippen molar-refractivity contribution in [2.45, 2.75) is 58.0 Å². The highest BCUT2D eigenvalue weighted by molar-refractivity contribution is 6.36. The summed E-state index contributed by atoms with van der Waals surface area (Å²) in [5.74, 6) is 0.260. The Morgan fingerprint density at radius 3 is 2.44 bits per heavy atom. The molecule has 2 saturated heterocycles. The van der Waals surface area contributed by atoms with Crippen LogP contribution in [0.1, 0.15) is 46.0 Å². The molecule has 2 unspecified atom stereocenters.